The summed E-state index contributed by atoms with van der Waals surface area (Å²) in [6.45, 7) is 5.66. The smallest absolute Gasteiger partial charge is 0.305 e. The molecule has 1 amide bonds. The maximum absolute atomic E-state index is 12.9. The standard InChI is InChI=1S/C28H33NO6S/c1-19-9-10-24(20(2)17-19)35-13-6-5-12-29-28(33)23-18-25(36-16-15-34-14-11-26(30)31)21-7-3-4-8-22(21)27(23)32/h3-4,7-10,17-18,32H,5-6,11-16H2,1-2H3,(H,29,33)(H,30,31). The number of phenols is 1. The average molecular weight is 512 g/mol. The first-order valence-electron chi connectivity index (χ1n) is 12.0. The van der Waals surface area contributed by atoms with Gasteiger partial charge in [0.25, 0.3) is 5.91 Å². The minimum absolute atomic E-state index is 0.0329. The van der Waals surface area contributed by atoms with Crippen LogP contribution < -0.4 is 10.1 Å². The molecule has 3 rings (SSSR count). The molecule has 3 aromatic rings. The number of ether oxygens (including phenoxy) is 2. The normalized spacial score (nSPS) is 10.9. The van der Waals surface area contributed by atoms with Crippen molar-refractivity contribution in [3.63, 3.8) is 0 Å². The highest BCUT2D eigenvalue weighted by Crippen LogP contribution is 2.36. The number of benzene rings is 3. The number of unbranched alkanes of at least 4 members (excludes halogenated alkanes) is 1. The van der Waals surface area contributed by atoms with Crippen molar-refractivity contribution in [2.45, 2.75) is 38.0 Å². The molecular weight excluding hydrogens is 478 g/mol. The number of aryl methyl sites for hydroxylation is 2. The molecule has 7 nitrogen and oxygen atoms in total. The van der Waals surface area contributed by atoms with Gasteiger partial charge in [-0.25, -0.2) is 0 Å². The van der Waals surface area contributed by atoms with Gasteiger partial charge < -0.3 is 25.0 Å². The Balaban J connectivity index is 1.53. The van der Waals surface area contributed by atoms with Crippen molar-refractivity contribution in [1.82, 2.24) is 5.32 Å². The number of carbonyl (C=O) groups excluding carboxylic acids is 1. The molecule has 3 aromatic carbocycles. The molecule has 0 heterocycles. The molecule has 0 aliphatic rings. The van der Waals surface area contributed by atoms with Gasteiger partial charge in [-0.15, -0.1) is 11.8 Å². The minimum atomic E-state index is -0.892. The second-order valence-corrected chi connectivity index (χ2v) is 9.64. The Kier molecular flexibility index (Phi) is 10.5. The van der Waals surface area contributed by atoms with Crippen LogP contribution in [0.4, 0.5) is 0 Å². The Morgan fingerprint density at radius 3 is 2.50 bits per heavy atom. The molecular formula is C28H33NO6S. The number of carboxylic acids is 1. The number of fused-ring (bicyclic) bond motifs is 1. The van der Waals surface area contributed by atoms with Gasteiger partial charge in [0.2, 0.25) is 0 Å². The van der Waals surface area contributed by atoms with Crippen molar-refractivity contribution < 1.29 is 29.3 Å². The summed E-state index contributed by atoms with van der Waals surface area (Å²) < 4.78 is 11.2. The van der Waals surface area contributed by atoms with Crippen molar-refractivity contribution in [3.05, 3.63) is 65.2 Å². The fraction of sp³-hybridized carbons (Fsp3) is 0.357. The summed E-state index contributed by atoms with van der Waals surface area (Å²) in [4.78, 5) is 24.3. The first-order valence-corrected chi connectivity index (χ1v) is 13.0. The number of aliphatic carboxylic acids is 1. The molecule has 0 aliphatic heterocycles. The number of hydrogen-bond acceptors (Lipinski definition) is 6. The van der Waals surface area contributed by atoms with Crippen molar-refractivity contribution >= 4 is 34.4 Å². The third-order valence-corrected chi connectivity index (χ3v) is 6.63. The van der Waals surface area contributed by atoms with Gasteiger partial charge in [-0.1, -0.05) is 42.0 Å². The lowest BCUT2D eigenvalue weighted by Gasteiger charge is -2.13. The molecule has 0 saturated heterocycles. The number of carboxylic acid groups (broad SMARTS) is 1. The number of hydrogen-bond donors (Lipinski definition) is 3. The number of carbonyl (C=O) groups is 2. The van der Waals surface area contributed by atoms with Crippen LogP contribution in [0.1, 0.15) is 40.7 Å². The topological polar surface area (TPSA) is 105 Å². The predicted molar refractivity (Wildman–Crippen MR) is 142 cm³/mol. The molecule has 8 heteroatoms. The first kappa shape index (κ1) is 27.4. The zero-order valence-electron chi connectivity index (χ0n) is 20.7. The Hall–Kier alpha value is -3.23. The minimum Gasteiger partial charge on any atom is -0.506 e. The SMILES string of the molecule is Cc1ccc(OCCCCNC(=O)c2cc(SCCOCCC(=O)O)c3ccccc3c2O)c(C)c1. The Morgan fingerprint density at radius 2 is 1.75 bits per heavy atom. The summed E-state index contributed by atoms with van der Waals surface area (Å²) in [6, 6.07) is 15.2. The van der Waals surface area contributed by atoms with Gasteiger partial charge in [0.05, 0.1) is 31.8 Å². The van der Waals surface area contributed by atoms with Gasteiger partial charge in [-0.05, 0) is 49.8 Å². The quantitative estimate of drug-likeness (QED) is 0.198. The molecule has 192 valence electrons. The fourth-order valence-corrected chi connectivity index (χ4v) is 4.71. The van der Waals surface area contributed by atoms with Gasteiger partial charge in [-0.3, -0.25) is 9.59 Å². The maximum Gasteiger partial charge on any atom is 0.305 e. The molecule has 0 spiro atoms. The van der Waals surface area contributed by atoms with Crippen LogP contribution in [-0.2, 0) is 9.53 Å². The third-order valence-electron chi connectivity index (χ3n) is 5.61. The molecule has 0 unspecified atom stereocenters. The van der Waals surface area contributed by atoms with Crippen LogP contribution in [0.3, 0.4) is 0 Å². The molecule has 3 N–H and O–H groups in total. The van der Waals surface area contributed by atoms with Gasteiger partial charge in [0, 0.05) is 22.6 Å². The maximum atomic E-state index is 12.9. The molecule has 0 fully saturated rings. The zero-order valence-corrected chi connectivity index (χ0v) is 21.5. The van der Waals surface area contributed by atoms with Gasteiger partial charge in [0.1, 0.15) is 11.5 Å². The van der Waals surface area contributed by atoms with Crippen LogP contribution >= 0.6 is 11.8 Å². The van der Waals surface area contributed by atoms with E-state index in [9.17, 15) is 14.7 Å². The predicted octanol–water partition coefficient (Wildman–Crippen LogP) is 5.33. The van der Waals surface area contributed by atoms with E-state index in [1.165, 1.54) is 17.3 Å². The van der Waals surface area contributed by atoms with Crippen molar-refractivity contribution in [2.24, 2.45) is 0 Å². The highest BCUT2D eigenvalue weighted by atomic mass is 32.2. The highest BCUT2D eigenvalue weighted by molar-refractivity contribution is 7.99. The van der Waals surface area contributed by atoms with E-state index in [-0.39, 0.29) is 30.2 Å². The fourth-order valence-electron chi connectivity index (χ4n) is 3.76. The van der Waals surface area contributed by atoms with Crippen LogP contribution in [0.5, 0.6) is 11.5 Å². The molecule has 36 heavy (non-hydrogen) atoms. The number of nitrogens with one attached hydrogen (secondary N) is 1. The molecule has 0 saturated carbocycles. The van der Waals surface area contributed by atoms with E-state index in [2.05, 4.69) is 11.4 Å². The zero-order chi connectivity index (χ0) is 25.9. The van der Waals surface area contributed by atoms with Crippen LogP contribution in [0.15, 0.2) is 53.4 Å². The molecule has 0 radical (unpaired) electrons. The Bertz CT molecular complexity index is 1200. The van der Waals surface area contributed by atoms with Gasteiger partial charge >= 0.3 is 5.97 Å². The number of amides is 1. The summed E-state index contributed by atoms with van der Waals surface area (Å²) in [6.07, 6.45) is 1.51. The van der Waals surface area contributed by atoms with Gasteiger partial charge in [0.15, 0.2) is 0 Å². The lowest BCUT2D eigenvalue weighted by molar-refractivity contribution is -0.138. The summed E-state index contributed by atoms with van der Waals surface area (Å²) in [5.74, 6) is 0.215. The van der Waals surface area contributed by atoms with Crippen LogP contribution in [0.25, 0.3) is 10.8 Å². The molecule has 0 atom stereocenters. The highest BCUT2D eigenvalue weighted by Gasteiger charge is 2.17. The summed E-state index contributed by atoms with van der Waals surface area (Å²) in [5.41, 5.74) is 2.54. The van der Waals surface area contributed by atoms with Crippen molar-refractivity contribution in [1.29, 1.82) is 0 Å². The van der Waals surface area contributed by atoms with Crippen LogP contribution in [0, 0.1) is 13.8 Å². The van der Waals surface area contributed by atoms with Gasteiger partial charge in [-0.2, -0.15) is 0 Å². The van der Waals surface area contributed by atoms with E-state index in [0.717, 1.165) is 34.4 Å². The summed E-state index contributed by atoms with van der Waals surface area (Å²) in [7, 11) is 0. The number of aromatic hydroxyl groups is 1. The van der Waals surface area contributed by atoms with Crippen LogP contribution in [-0.4, -0.2) is 54.2 Å². The molecule has 0 aromatic heterocycles. The molecule has 0 bridgehead atoms. The number of rotatable bonds is 14. The van der Waals surface area contributed by atoms with E-state index >= 15 is 0 Å². The van der Waals surface area contributed by atoms with E-state index in [4.69, 9.17) is 14.6 Å². The Morgan fingerprint density at radius 1 is 0.972 bits per heavy atom. The van der Waals surface area contributed by atoms with Crippen molar-refractivity contribution in [3.8, 4) is 11.5 Å². The second-order valence-electron chi connectivity index (χ2n) is 8.50. The summed E-state index contributed by atoms with van der Waals surface area (Å²) >= 11 is 1.50. The number of phenolic OH excluding ortho intramolecular Hbond substituents is 1. The largest absolute Gasteiger partial charge is 0.506 e. The lowest BCUT2D eigenvalue weighted by atomic mass is 10.0. The van der Waals surface area contributed by atoms with E-state index in [1.54, 1.807) is 12.1 Å². The third kappa shape index (κ3) is 7.90. The lowest BCUT2D eigenvalue weighted by Crippen LogP contribution is -2.25. The second kappa shape index (κ2) is 13.8. The van der Waals surface area contributed by atoms with E-state index < -0.39 is 5.97 Å². The number of thioether (sulfide) groups is 1. The van der Waals surface area contributed by atoms with E-state index in [0.29, 0.717) is 30.9 Å². The monoisotopic (exact) mass is 511 g/mol. The first-order chi connectivity index (χ1) is 17.4. The van der Waals surface area contributed by atoms with Crippen molar-refractivity contribution in [2.75, 3.05) is 32.1 Å². The Labute approximate surface area is 215 Å². The molecule has 0 aliphatic carbocycles. The summed E-state index contributed by atoms with van der Waals surface area (Å²) in [5, 5.41) is 23.8. The van der Waals surface area contributed by atoms with E-state index in [1.807, 2.05) is 44.2 Å². The van der Waals surface area contributed by atoms with Crippen LogP contribution in [0.2, 0.25) is 0 Å². The average Bonchev–Trinajstić information content (AvgIpc) is 2.85.